The first-order chi connectivity index (χ1) is 7.88. The lowest BCUT2D eigenvalue weighted by atomic mass is 9.85. The molecule has 2 aromatic carbocycles. The van der Waals surface area contributed by atoms with Gasteiger partial charge in [0, 0.05) is 5.33 Å². The van der Waals surface area contributed by atoms with Crippen molar-refractivity contribution in [2.24, 2.45) is 0 Å². The number of rotatable bonds is 1. The topological polar surface area (TPSA) is 0 Å². The second-order valence-electron chi connectivity index (χ2n) is 4.28. The van der Waals surface area contributed by atoms with Crippen LogP contribution in [0, 0.1) is 0 Å². The van der Waals surface area contributed by atoms with Crippen molar-refractivity contribution in [2.75, 3.05) is 0 Å². The first-order valence-electron chi connectivity index (χ1n) is 5.64. The van der Waals surface area contributed by atoms with Crippen molar-refractivity contribution in [1.29, 1.82) is 0 Å². The number of fused-ring (bicyclic) bond motifs is 3. The summed E-state index contributed by atoms with van der Waals surface area (Å²) < 4.78 is 0. The highest BCUT2D eigenvalue weighted by Crippen LogP contribution is 2.33. The van der Waals surface area contributed by atoms with Gasteiger partial charge in [0.1, 0.15) is 0 Å². The van der Waals surface area contributed by atoms with Crippen LogP contribution in [0.1, 0.15) is 16.7 Å². The Bertz CT molecular complexity index is 529. The van der Waals surface area contributed by atoms with Gasteiger partial charge in [0.15, 0.2) is 0 Å². The van der Waals surface area contributed by atoms with Crippen LogP contribution in [0.2, 0.25) is 0 Å². The Morgan fingerprint density at radius 2 is 1.62 bits per heavy atom. The SMILES string of the molecule is BrCc1ccc2c(c1)CCc1ccccc1-2. The van der Waals surface area contributed by atoms with Crippen LogP contribution in [0.15, 0.2) is 42.5 Å². The number of alkyl halides is 1. The van der Waals surface area contributed by atoms with E-state index in [1.807, 2.05) is 0 Å². The van der Waals surface area contributed by atoms with E-state index in [2.05, 4.69) is 58.4 Å². The largest absolute Gasteiger partial charge is 0.0876 e. The molecular weight excluding hydrogens is 260 g/mol. The lowest BCUT2D eigenvalue weighted by Crippen LogP contribution is -2.04. The van der Waals surface area contributed by atoms with Crippen LogP contribution in [-0.2, 0) is 18.2 Å². The number of hydrogen-bond donors (Lipinski definition) is 0. The summed E-state index contributed by atoms with van der Waals surface area (Å²) in [5.74, 6) is 0. The summed E-state index contributed by atoms with van der Waals surface area (Å²) in [6.45, 7) is 0. The van der Waals surface area contributed by atoms with E-state index in [0.29, 0.717) is 0 Å². The second kappa shape index (κ2) is 4.06. The van der Waals surface area contributed by atoms with Crippen molar-refractivity contribution in [2.45, 2.75) is 18.2 Å². The standard InChI is InChI=1S/C15H13Br/c16-10-11-5-8-15-13(9-11)7-6-12-3-1-2-4-14(12)15/h1-5,8-9H,6-7,10H2. The Balaban J connectivity index is 2.18. The minimum atomic E-state index is 0.946. The summed E-state index contributed by atoms with van der Waals surface area (Å²) in [7, 11) is 0. The first kappa shape index (κ1) is 10.1. The molecule has 0 fully saturated rings. The molecule has 1 aliphatic rings. The second-order valence-corrected chi connectivity index (χ2v) is 4.84. The minimum absolute atomic E-state index is 0.946. The molecule has 0 radical (unpaired) electrons. The van der Waals surface area contributed by atoms with E-state index in [1.165, 1.54) is 40.7 Å². The fourth-order valence-electron chi connectivity index (χ4n) is 2.47. The number of halogens is 1. The third kappa shape index (κ3) is 1.60. The summed E-state index contributed by atoms with van der Waals surface area (Å²) >= 11 is 3.52. The van der Waals surface area contributed by atoms with Crippen molar-refractivity contribution >= 4 is 15.9 Å². The van der Waals surface area contributed by atoms with E-state index in [9.17, 15) is 0 Å². The molecule has 0 saturated carbocycles. The molecule has 2 aromatic rings. The quantitative estimate of drug-likeness (QED) is 0.678. The van der Waals surface area contributed by atoms with Crippen molar-refractivity contribution in [3.05, 3.63) is 59.2 Å². The Morgan fingerprint density at radius 1 is 0.875 bits per heavy atom. The van der Waals surface area contributed by atoms with Gasteiger partial charge in [-0.05, 0) is 40.7 Å². The molecule has 0 nitrogen and oxygen atoms in total. The van der Waals surface area contributed by atoms with Gasteiger partial charge >= 0.3 is 0 Å². The van der Waals surface area contributed by atoms with Crippen molar-refractivity contribution in [3.63, 3.8) is 0 Å². The van der Waals surface area contributed by atoms with Crippen LogP contribution in [0.5, 0.6) is 0 Å². The average molecular weight is 273 g/mol. The molecule has 80 valence electrons. The van der Waals surface area contributed by atoms with Crippen molar-refractivity contribution in [1.82, 2.24) is 0 Å². The van der Waals surface area contributed by atoms with Gasteiger partial charge in [-0.3, -0.25) is 0 Å². The molecule has 0 N–H and O–H groups in total. The summed E-state index contributed by atoms with van der Waals surface area (Å²) in [5.41, 5.74) is 7.20. The maximum Gasteiger partial charge on any atom is 0.0283 e. The van der Waals surface area contributed by atoms with E-state index >= 15 is 0 Å². The summed E-state index contributed by atoms with van der Waals surface area (Å²) in [4.78, 5) is 0. The minimum Gasteiger partial charge on any atom is -0.0876 e. The molecule has 3 rings (SSSR count). The normalized spacial score (nSPS) is 13.1. The molecule has 0 saturated heterocycles. The number of benzene rings is 2. The molecule has 16 heavy (non-hydrogen) atoms. The van der Waals surface area contributed by atoms with Crippen LogP contribution in [-0.4, -0.2) is 0 Å². The molecule has 0 atom stereocenters. The number of hydrogen-bond acceptors (Lipinski definition) is 0. The fourth-order valence-corrected chi connectivity index (χ4v) is 2.82. The Kier molecular flexibility index (Phi) is 2.56. The van der Waals surface area contributed by atoms with Crippen molar-refractivity contribution < 1.29 is 0 Å². The van der Waals surface area contributed by atoms with E-state index in [4.69, 9.17) is 0 Å². The fraction of sp³-hybridized carbons (Fsp3) is 0.200. The Morgan fingerprint density at radius 3 is 2.50 bits per heavy atom. The highest BCUT2D eigenvalue weighted by atomic mass is 79.9. The third-order valence-corrected chi connectivity index (χ3v) is 3.94. The van der Waals surface area contributed by atoms with Crippen molar-refractivity contribution in [3.8, 4) is 11.1 Å². The molecule has 0 amide bonds. The predicted octanol–water partition coefficient (Wildman–Crippen LogP) is 4.35. The van der Waals surface area contributed by atoms with Gasteiger partial charge in [0.2, 0.25) is 0 Å². The molecule has 0 aliphatic heterocycles. The molecule has 0 unspecified atom stereocenters. The third-order valence-electron chi connectivity index (χ3n) is 3.30. The average Bonchev–Trinajstić information content (AvgIpc) is 2.38. The van der Waals surface area contributed by atoms with E-state index < -0.39 is 0 Å². The Hall–Kier alpha value is -1.08. The van der Waals surface area contributed by atoms with Gasteiger partial charge in [0.05, 0.1) is 0 Å². The van der Waals surface area contributed by atoms with Crippen LogP contribution >= 0.6 is 15.9 Å². The molecular formula is C15H13Br. The van der Waals surface area contributed by atoms with E-state index in [1.54, 1.807) is 0 Å². The molecule has 0 heterocycles. The van der Waals surface area contributed by atoms with Crippen LogP contribution in [0.4, 0.5) is 0 Å². The van der Waals surface area contributed by atoms with Gasteiger partial charge in [-0.2, -0.15) is 0 Å². The monoisotopic (exact) mass is 272 g/mol. The summed E-state index contributed by atoms with van der Waals surface area (Å²) in [5, 5.41) is 0.946. The molecule has 0 aromatic heterocycles. The van der Waals surface area contributed by atoms with Gasteiger partial charge in [-0.1, -0.05) is 58.4 Å². The molecule has 1 heteroatoms. The van der Waals surface area contributed by atoms with E-state index in [0.717, 1.165) is 5.33 Å². The maximum absolute atomic E-state index is 3.52. The highest BCUT2D eigenvalue weighted by molar-refractivity contribution is 9.08. The molecule has 0 bridgehead atoms. The van der Waals surface area contributed by atoms with Gasteiger partial charge in [-0.25, -0.2) is 0 Å². The first-order valence-corrected chi connectivity index (χ1v) is 6.76. The number of aryl methyl sites for hydroxylation is 2. The highest BCUT2D eigenvalue weighted by Gasteiger charge is 2.15. The van der Waals surface area contributed by atoms with Crippen LogP contribution < -0.4 is 0 Å². The predicted molar refractivity (Wildman–Crippen MR) is 71.9 cm³/mol. The maximum atomic E-state index is 3.52. The zero-order valence-corrected chi connectivity index (χ0v) is 10.6. The Labute approximate surface area is 104 Å². The zero-order chi connectivity index (χ0) is 11.0. The van der Waals surface area contributed by atoms with Gasteiger partial charge < -0.3 is 0 Å². The smallest absolute Gasteiger partial charge is 0.0283 e. The van der Waals surface area contributed by atoms with Crippen LogP contribution in [0.25, 0.3) is 11.1 Å². The molecule has 0 spiro atoms. The molecule has 1 aliphatic carbocycles. The van der Waals surface area contributed by atoms with Gasteiger partial charge in [0.25, 0.3) is 0 Å². The van der Waals surface area contributed by atoms with Gasteiger partial charge in [-0.15, -0.1) is 0 Å². The van der Waals surface area contributed by atoms with Crippen LogP contribution in [0.3, 0.4) is 0 Å². The summed E-state index contributed by atoms with van der Waals surface area (Å²) in [6.07, 6.45) is 2.35. The summed E-state index contributed by atoms with van der Waals surface area (Å²) in [6, 6.07) is 15.6. The lowest BCUT2D eigenvalue weighted by molar-refractivity contribution is 0.939. The van der Waals surface area contributed by atoms with E-state index in [-0.39, 0.29) is 0 Å². The lowest BCUT2D eigenvalue weighted by Gasteiger charge is -2.20. The zero-order valence-electron chi connectivity index (χ0n) is 9.04.